The third-order valence-corrected chi connectivity index (χ3v) is 4.24. The molecule has 0 fully saturated rings. The molecule has 0 rings (SSSR count). The van der Waals surface area contributed by atoms with E-state index in [0.29, 0.717) is 6.54 Å². The lowest BCUT2D eigenvalue weighted by Crippen LogP contribution is -2.43. The highest BCUT2D eigenvalue weighted by atomic mass is 32.2. The van der Waals surface area contributed by atoms with E-state index in [0.717, 1.165) is 32.4 Å². The van der Waals surface area contributed by atoms with Crippen LogP contribution in [0.25, 0.3) is 0 Å². The van der Waals surface area contributed by atoms with Gasteiger partial charge in [-0.3, -0.25) is 5.32 Å². The largest absolute Gasteiger partial charge is 0.305 e. The lowest BCUT2D eigenvalue weighted by atomic mass is 9.92. The number of hydrogen-bond donors (Lipinski definition) is 1. The molecule has 19 heavy (non-hydrogen) atoms. The van der Waals surface area contributed by atoms with Gasteiger partial charge < -0.3 is 4.90 Å². The van der Waals surface area contributed by atoms with Gasteiger partial charge in [-0.05, 0) is 39.4 Å². The standard InChI is InChI=1S/C13H27N3O2S/c1-5-13(12-14,15-6-2)8-7-9-16(3)10-11-19(4,17)18/h15H,5-11H2,1-4H3. The van der Waals surface area contributed by atoms with Crippen LogP contribution in [0.4, 0.5) is 0 Å². The lowest BCUT2D eigenvalue weighted by Gasteiger charge is -2.27. The molecule has 0 aliphatic carbocycles. The molecule has 1 N–H and O–H groups in total. The fourth-order valence-electron chi connectivity index (χ4n) is 1.99. The summed E-state index contributed by atoms with van der Waals surface area (Å²) in [5, 5.41) is 12.5. The first kappa shape index (κ1) is 18.4. The number of rotatable bonds is 10. The summed E-state index contributed by atoms with van der Waals surface area (Å²) in [6, 6.07) is 2.37. The van der Waals surface area contributed by atoms with Crippen LogP contribution in [0, 0.1) is 11.3 Å². The fraction of sp³-hybridized carbons (Fsp3) is 0.923. The van der Waals surface area contributed by atoms with Crippen molar-refractivity contribution >= 4 is 9.84 Å². The van der Waals surface area contributed by atoms with Crippen LogP contribution in [0.15, 0.2) is 0 Å². The molecule has 0 radical (unpaired) electrons. The van der Waals surface area contributed by atoms with Gasteiger partial charge >= 0.3 is 0 Å². The summed E-state index contributed by atoms with van der Waals surface area (Å²) in [7, 11) is -0.982. The van der Waals surface area contributed by atoms with Crippen molar-refractivity contribution in [2.45, 2.75) is 38.6 Å². The first-order valence-electron chi connectivity index (χ1n) is 6.81. The van der Waals surface area contributed by atoms with Gasteiger partial charge in [0.05, 0.1) is 11.8 Å². The molecule has 0 aromatic carbocycles. The highest BCUT2D eigenvalue weighted by Gasteiger charge is 2.25. The number of sulfone groups is 1. The predicted molar refractivity (Wildman–Crippen MR) is 78.8 cm³/mol. The van der Waals surface area contributed by atoms with Gasteiger partial charge in [-0.25, -0.2) is 8.42 Å². The van der Waals surface area contributed by atoms with Gasteiger partial charge in [-0.1, -0.05) is 13.8 Å². The molecule has 5 nitrogen and oxygen atoms in total. The van der Waals surface area contributed by atoms with Crippen molar-refractivity contribution < 1.29 is 8.42 Å². The van der Waals surface area contributed by atoms with Crippen LogP contribution >= 0.6 is 0 Å². The molecule has 112 valence electrons. The van der Waals surface area contributed by atoms with Crippen molar-refractivity contribution in [3.8, 4) is 6.07 Å². The van der Waals surface area contributed by atoms with E-state index in [1.165, 1.54) is 6.26 Å². The monoisotopic (exact) mass is 289 g/mol. The van der Waals surface area contributed by atoms with E-state index < -0.39 is 15.4 Å². The van der Waals surface area contributed by atoms with Crippen molar-refractivity contribution in [2.24, 2.45) is 0 Å². The molecule has 0 spiro atoms. The second-order valence-electron chi connectivity index (χ2n) is 5.11. The van der Waals surface area contributed by atoms with Crippen LogP contribution in [-0.2, 0) is 9.84 Å². The third-order valence-electron chi connectivity index (χ3n) is 3.32. The number of hydrogen-bond acceptors (Lipinski definition) is 5. The zero-order valence-electron chi connectivity index (χ0n) is 12.6. The first-order valence-corrected chi connectivity index (χ1v) is 8.87. The van der Waals surface area contributed by atoms with Crippen LogP contribution in [0.5, 0.6) is 0 Å². The minimum atomic E-state index is -2.90. The Bertz CT molecular complexity index is 389. The minimum Gasteiger partial charge on any atom is -0.305 e. The van der Waals surface area contributed by atoms with Crippen molar-refractivity contribution in [3.05, 3.63) is 0 Å². The number of nitrogens with zero attached hydrogens (tertiary/aromatic N) is 2. The van der Waals surface area contributed by atoms with Crippen molar-refractivity contribution in [3.63, 3.8) is 0 Å². The molecular formula is C13H27N3O2S. The Morgan fingerprint density at radius 1 is 1.32 bits per heavy atom. The maximum absolute atomic E-state index is 11.1. The topological polar surface area (TPSA) is 73.2 Å². The Kier molecular flexibility index (Phi) is 8.23. The van der Waals surface area contributed by atoms with Crippen LogP contribution in [0.1, 0.15) is 33.1 Å². The van der Waals surface area contributed by atoms with E-state index in [1.807, 2.05) is 25.8 Å². The molecule has 0 aromatic heterocycles. The number of nitriles is 1. The van der Waals surface area contributed by atoms with E-state index in [9.17, 15) is 13.7 Å². The van der Waals surface area contributed by atoms with E-state index in [1.54, 1.807) is 0 Å². The molecule has 0 amide bonds. The third kappa shape index (κ3) is 8.19. The number of nitrogens with one attached hydrogen (secondary N) is 1. The Hall–Kier alpha value is -0.640. The molecular weight excluding hydrogens is 262 g/mol. The Labute approximate surface area is 117 Å². The highest BCUT2D eigenvalue weighted by molar-refractivity contribution is 7.90. The summed E-state index contributed by atoms with van der Waals surface area (Å²) in [6.45, 7) is 6.15. The Morgan fingerprint density at radius 2 is 1.95 bits per heavy atom. The fourth-order valence-corrected chi connectivity index (χ4v) is 2.63. The van der Waals surface area contributed by atoms with Crippen molar-refractivity contribution in [1.29, 1.82) is 5.26 Å². The van der Waals surface area contributed by atoms with Crippen LogP contribution in [0.3, 0.4) is 0 Å². The smallest absolute Gasteiger partial charge is 0.148 e. The minimum absolute atomic E-state index is 0.188. The average Bonchev–Trinajstić information content (AvgIpc) is 2.34. The lowest BCUT2D eigenvalue weighted by molar-refractivity contribution is 0.306. The molecule has 0 aromatic rings. The summed E-state index contributed by atoms with van der Waals surface area (Å²) in [6.07, 6.45) is 3.71. The van der Waals surface area contributed by atoms with E-state index in [-0.39, 0.29) is 5.75 Å². The quantitative estimate of drug-likeness (QED) is 0.650. The molecule has 1 atom stereocenters. The van der Waals surface area contributed by atoms with Gasteiger partial charge in [-0.2, -0.15) is 5.26 Å². The molecule has 1 unspecified atom stereocenters. The molecule has 0 bridgehead atoms. The molecule has 0 aliphatic heterocycles. The van der Waals surface area contributed by atoms with Gasteiger partial charge in [0.15, 0.2) is 0 Å². The average molecular weight is 289 g/mol. The molecule has 6 heteroatoms. The molecule has 0 heterocycles. The molecule has 0 saturated carbocycles. The zero-order chi connectivity index (χ0) is 14.9. The Balaban J connectivity index is 4.10. The predicted octanol–water partition coefficient (Wildman–Crippen LogP) is 1.02. The van der Waals surface area contributed by atoms with Gasteiger partial charge in [-0.15, -0.1) is 0 Å². The van der Waals surface area contributed by atoms with E-state index in [2.05, 4.69) is 11.4 Å². The SMILES string of the molecule is CCNC(C#N)(CC)CCCN(C)CCS(C)(=O)=O. The second kappa shape index (κ2) is 8.51. The van der Waals surface area contributed by atoms with Gasteiger partial charge in [0, 0.05) is 12.8 Å². The van der Waals surface area contributed by atoms with Gasteiger partial charge in [0.2, 0.25) is 0 Å². The molecule has 0 aliphatic rings. The van der Waals surface area contributed by atoms with Crippen molar-refractivity contribution in [2.75, 3.05) is 38.7 Å². The summed E-state index contributed by atoms with van der Waals surface area (Å²) < 4.78 is 22.1. The normalized spacial score (nSPS) is 15.2. The Morgan fingerprint density at radius 3 is 2.37 bits per heavy atom. The van der Waals surface area contributed by atoms with E-state index in [4.69, 9.17) is 0 Å². The first-order chi connectivity index (χ1) is 8.78. The maximum Gasteiger partial charge on any atom is 0.148 e. The second-order valence-corrected chi connectivity index (χ2v) is 7.37. The highest BCUT2D eigenvalue weighted by Crippen LogP contribution is 2.16. The molecule has 0 saturated heterocycles. The van der Waals surface area contributed by atoms with Crippen molar-refractivity contribution in [1.82, 2.24) is 10.2 Å². The summed E-state index contributed by atoms with van der Waals surface area (Å²) in [4.78, 5) is 2.00. The van der Waals surface area contributed by atoms with Crippen LogP contribution < -0.4 is 5.32 Å². The summed E-state index contributed by atoms with van der Waals surface area (Å²) >= 11 is 0. The zero-order valence-corrected chi connectivity index (χ0v) is 13.4. The summed E-state index contributed by atoms with van der Waals surface area (Å²) in [5.74, 6) is 0.188. The summed E-state index contributed by atoms with van der Waals surface area (Å²) in [5.41, 5.74) is -0.438. The van der Waals surface area contributed by atoms with Crippen LogP contribution in [-0.4, -0.2) is 57.5 Å². The van der Waals surface area contributed by atoms with Gasteiger partial charge in [0.25, 0.3) is 0 Å². The van der Waals surface area contributed by atoms with E-state index >= 15 is 0 Å². The van der Waals surface area contributed by atoms with Gasteiger partial charge in [0.1, 0.15) is 15.4 Å². The maximum atomic E-state index is 11.1. The van der Waals surface area contributed by atoms with Crippen LogP contribution in [0.2, 0.25) is 0 Å².